The Morgan fingerprint density at radius 2 is 2.12 bits per heavy atom. The van der Waals surface area contributed by atoms with Gasteiger partial charge in [0.25, 0.3) is 0 Å². The molecule has 2 aliphatic heterocycles. The number of aromatic nitrogens is 1. The molecule has 6 nitrogen and oxygen atoms in total. The summed E-state index contributed by atoms with van der Waals surface area (Å²) in [6, 6.07) is 9.50. The largest absolute Gasteiger partial charge is 0.441 e. The molecule has 0 aliphatic carbocycles. The molecule has 2 aromatic rings. The molecule has 2 saturated heterocycles. The summed E-state index contributed by atoms with van der Waals surface area (Å²) in [4.78, 5) is 31.3. The summed E-state index contributed by atoms with van der Waals surface area (Å²) in [7, 11) is 0. The number of oxazole rings is 1. The minimum absolute atomic E-state index is 0.0601. The Bertz CT molecular complexity index is 815. The predicted molar refractivity (Wildman–Crippen MR) is 96.3 cm³/mol. The van der Waals surface area contributed by atoms with Gasteiger partial charge in [-0.3, -0.25) is 9.59 Å². The Balaban J connectivity index is 1.41. The number of benzene rings is 1. The van der Waals surface area contributed by atoms with Gasteiger partial charge in [0.05, 0.1) is 12.1 Å². The summed E-state index contributed by atoms with van der Waals surface area (Å²) < 4.78 is 5.70. The molecule has 4 rings (SSSR count). The van der Waals surface area contributed by atoms with Gasteiger partial charge in [-0.15, -0.1) is 0 Å². The third-order valence-electron chi connectivity index (χ3n) is 5.29. The second-order valence-electron chi connectivity index (χ2n) is 7.10. The average molecular weight is 353 g/mol. The highest BCUT2D eigenvalue weighted by Gasteiger charge is 2.41. The van der Waals surface area contributed by atoms with Crippen molar-refractivity contribution >= 4 is 11.8 Å². The van der Waals surface area contributed by atoms with Crippen LogP contribution in [-0.4, -0.2) is 40.3 Å². The average Bonchev–Trinajstić information content (AvgIpc) is 3.17. The minimum Gasteiger partial charge on any atom is -0.441 e. The SMILES string of the molecule is Cc1oc(-c2ccccc2)nc1CC(=O)NC1CC2CCCCN2C1=O. The van der Waals surface area contributed by atoms with Gasteiger partial charge in [-0.1, -0.05) is 18.2 Å². The summed E-state index contributed by atoms with van der Waals surface area (Å²) >= 11 is 0. The van der Waals surface area contributed by atoms with Crippen LogP contribution in [0.4, 0.5) is 0 Å². The van der Waals surface area contributed by atoms with Crippen molar-refractivity contribution in [3.05, 3.63) is 41.8 Å². The van der Waals surface area contributed by atoms with Gasteiger partial charge in [-0.2, -0.15) is 0 Å². The highest BCUT2D eigenvalue weighted by Crippen LogP contribution is 2.28. The topological polar surface area (TPSA) is 75.4 Å². The monoisotopic (exact) mass is 353 g/mol. The van der Waals surface area contributed by atoms with Crippen molar-refractivity contribution in [1.29, 1.82) is 0 Å². The van der Waals surface area contributed by atoms with Gasteiger partial charge in [0, 0.05) is 18.2 Å². The van der Waals surface area contributed by atoms with Crippen molar-refractivity contribution in [1.82, 2.24) is 15.2 Å². The van der Waals surface area contributed by atoms with E-state index in [4.69, 9.17) is 4.42 Å². The standard InChI is InChI=1S/C20H23N3O3/c1-13-16(22-19(26-13)14-7-3-2-4-8-14)12-18(24)21-17-11-15-9-5-6-10-23(15)20(17)25/h2-4,7-8,15,17H,5-6,9-12H2,1H3,(H,21,24). The zero-order valence-electron chi connectivity index (χ0n) is 14.9. The highest BCUT2D eigenvalue weighted by atomic mass is 16.4. The number of fused-ring (bicyclic) bond motifs is 1. The van der Waals surface area contributed by atoms with Crippen LogP contribution in [0.25, 0.3) is 11.5 Å². The fourth-order valence-electron chi connectivity index (χ4n) is 3.92. The third kappa shape index (κ3) is 3.23. The van der Waals surface area contributed by atoms with Crippen LogP contribution >= 0.6 is 0 Å². The van der Waals surface area contributed by atoms with E-state index in [1.165, 1.54) is 0 Å². The second-order valence-corrected chi connectivity index (χ2v) is 7.10. The maximum atomic E-state index is 12.5. The molecular weight excluding hydrogens is 330 g/mol. The van der Waals surface area contributed by atoms with Gasteiger partial charge in [0.1, 0.15) is 11.8 Å². The number of nitrogens with one attached hydrogen (secondary N) is 1. The van der Waals surface area contributed by atoms with E-state index in [2.05, 4.69) is 10.3 Å². The van der Waals surface area contributed by atoms with E-state index in [1.54, 1.807) is 0 Å². The summed E-state index contributed by atoms with van der Waals surface area (Å²) in [5.74, 6) is 1.03. The molecule has 1 aromatic heterocycles. The van der Waals surface area contributed by atoms with Gasteiger partial charge in [0.2, 0.25) is 17.7 Å². The quantitative estimate of drug-likeness (QED) is 0.916. The number of hydrogen-bond acceptors (Lipinski definition) is 4. The molecule has 0 radical (unpaired) electrons. The van der Waals surface area contributed by atoms with E-state index in [1.807, 2.05) is 42.2 Å². The molecule has 2 fully saturated rings. The lowest BCUT2D eigenvalue weighted by atomic mass is 10.0. The van der Waals surface area contributed by atoms with Crippen LogP contribution in [0.1, 0.15) is 37.1 Å². The van der Waals surface area contributed by atoms with Crippen molar-refractivity contribution in [2.45, 2.75) is 51.1 Å². The van der Waals surface area contributed by atoms with Crippen LogP contribution in [0.3, 0.4) is 0 Å². The minimum atomic E-state index is -0.397. The maximum Gasteiger partial charge on any atom is 0.245 e. The number of aryl methyl sites for hydroxylation is 1. The predicted octanol–water partition coefficient (Wildman–Crippen LogP) is 2.46. The number of carbonyl (C=O) groups is 2. The molecule has 2 aliphatic rings. The van der Waals surface area contributed by atoms with Crippen molar-refractivity contribution in [2.24, 2.45) is 0 Å². The van der Waals surface area contributed by atoms with Gasteiger partial charge >= 0.3 is 0 Å². The van der Waals surface area contributed by atoms with Crippen molar-refractivity contribution in [2.75, 3.05) is 6.54 Å². The van der Waals surface area contributed by atoms with Gasteiger partial charge < -0.3 is 14.6 Å². The number of carbonyl (C=O) groups excluding carboxylic acids is 2. The first kappa shape index (κ1) is 16.8. The van der Waals surface area contributed by atoms with Crippen molar-refractivity contribution < 1.29 is 14.0 Å². The van der Waals surface area contributed by atoms with Crippen LogP contribution in [0.5, 0.6) is 0 Å². The first-order valence-corrected chi connectivity index (χ1v) is 9.23. The molecule has 2 amide bonds. The van der Waals surface area contributed by atoms with E-state index >= 15 is 0 Å². The van der Waals surface area contributed by atoms with Gasteiger partial charge in [-0.25, -0.2) is 4.98 Å². The fourth-order valence-corrected chi connectivity index (χ4v) is 3.92. The Kier molecular flexibility index (Phi) is 4.49. The number of nitrogens with zero attached hydrogens (tertiary/aromatic N) is 2. The third-order valence-corrected chi connectivity index (χ3v) is 5.29. The molecule has 2 atom stereocenters. The van der Waals surface area contributed by atoms with E-state index in [0.717, 1.165) is 37.8 Å². The highest BCUT2D eigenvalue weighted by molar-refractivity contribution is 5.90. The lowest BCUT2D eigenvalue weighted by Gasteiger charge is -2.28. The number of piperidine rings is 1. The number of hydrogen-bond donors (Lipinski definition) is 1. The smallest absolute Gasteiger partial charge is 0.245 e. The Morgan fingerprint density at radius 3 is 2.88 bits per heavy atom. The molecule has 1 N–H and O–H groups in total. The molecule has 0 bridgehead atoms. The summed E-state index contributed by atoms with van der Waals surface area (Å²) in [5, 5.41) is 2.90. The van der Waals surface area contributed by atoms with Crippen molar-refractivity contribution in [3.8, 4) is 11.5 Å². The Morgan fingerprint density at radius 1 is 1.31 bits per heavy atom. The van der Waals surface area contributed by atoms with Crippen LogP contribution in [0.2, 0.25) is 0 Å². The van der Waals surface area contributed by atoms with Crippen LogP contribution < -0.4 is 5.32 Å². The maximum absolute atomic E-state index is 12.5. The first-order chi connectivity index (χ1) is 12.6. The molecule has 2 unspecified atom stereocenters. The molecule has 26 heavy (non-hydrogen) atoms. The summed E-state index contributed by atoms with van der Waals surface area (Å²) in [6.07, 6.45) is 4.11. The Hall–Kier alpha value is -2.63. The van der Waals surface area contributed by atoms with E-state index in [9.17, 15) is 9.59 Å². The zero-order valence-corrected chi connectivity index (χ0v) is 14.9. The molecular formula is C20H23N3O3. The molecule has 0 spiro atoms. The van der Waals surface area contributed by atoms with Gasteiger partial charge in [0.15, 0.2) is 0 Å². The van der Waals surface area contributed by atoms with Gasteiger partial charge in [-0.05, 0) is 44.7 Å². The molecule has 6 heteroatoms. The van der Waals surface area contributed by atoms with Crippen LogP contribution in [0.15, 0.2) is 34.7 Å². The fraction of sp³-hybridized carbons (Fsp3) is 0.450. The van der Waals surface area contributed by atoms with Crippen LogP contribution in [-0.2, 0) is 16.0 Å². The van der Waals surface area contributed by atoms with E-state index < -0.39 is 6.04 Å². The first-order valence-electron chi connectivity index (χ1n) is 9.23. The molecule has 1 aromatic carbocycles. The number of amides is 2. The van der Waals surface area contributed by atoms with Crippen LogP contribution in [0, 0.1) is 6.92 Å². The second kappa shape index (κ2) is 6.94. The lowest BCUT2D eigenvalue weighted by Crippen LogP contribution is -2.43. The molecule has 136 valence electrons. The molecule has 0 saturated carbocycles. The zero-order chi connectivity index (χ0) is 18.1. The van der Waals surface area contributed by atoms with Crippen molar-refractivity contribution in [3.63, 3.8) is 0 Å². The lowest BCUT2D eigenvalue weighted by molar-refractivity contribution is -0.133. The summed E-state index contributed by atoms with van der Waals surface area (Å²) in [6.45, 7) is 2.63. The van der Waals surface area contributed by atoms with E-state index in [-0.39, 0.29) is 18.2 Å². The number of rotatable bonds is 4. The van der Waals surface area contributed by atoms with E-state index in [0.29, 0.717) is 23.4 Å². The Labute approximate surface area is 152 Å². The molecule has 3 heterocycles. The normalized spacial score (nSPS) is 22.3. The summed E-state index contributed by atoms with van der Waals surface area (Å²) in [5.41, 5.74) is 1.50.